The number of fused-ring (bicyclic) bond motifs is 1. The SMILES string of the molecule is COC(=O)c1c(NC(=O)c2c(=O)o[nH][n+]2-c2ccc(OC)cc2)sc2c1CCCC2. The lowest BCUT2D eigenvalue weighted by Gasteiger charge is -2.11. The topological polar surface area (TPSA) is 115 Å². The van der Waals surface area contributed by atoms with Crippen LogP contribution in [0.25, 0.3) is 5.69 Å². The van der Waals surface area contributed by atoms with E-state index in [1.807, 2.05) is 0 Å². The fourth-order valence-corrected chi connectivity index (χ4v) is 4.79. The molecule has 0 saturated carbocycles. The van der Waals surface area contributed by atoms with Gasteiger partial charge in [0.1, 0.15) is 10.8 Å². The van der Waals surface area contributed by atoms with E-state index in [0.717, 1.165) is 36.1 Å². The van der Waals surface area contributed by atoms with Gasteiger partial charge in [0, 0.05) is 17.0 Å². The molecule has 1 aromatic carbocycles. The van der Waals surface area contributed by atoms with E-state index in [0.29, 0.717) is 22.0 Å². The van der Waals surface area contributed by atoms with Gasteiger partial charge < -0.3 is 14.8 Å². The van der Waals surface area contributed by atoms with E-state index in [2.05, 4.69) is 10.6 Å². The van der Waals surface area contributed by atoms with Crippen LogP contribution < -0.4 is 20.4 Å². The first-order chi connectivity index (χ1) is 14.5. The van der Waals surface area contributed by atoms with Crippen molar-refractivity contribution in [3.63, 3.8) is 0 Å². The quantitative estimate of drug-likeness (QED) is 0.474. The molecule has 9 nitrogen and oxygen atoms in total. The first-order valence-corrected chi connectivity index (χ1v) is 10.2. The zero-order valence-electron chi connectivity index (χ0n) is 16.4. The number of hydrogen-bond donors (Lipinski definition) is 2. The van der Waals surface area contributed by atoms with E-state index in [4.69, 9.17) is 14.0 Å². The first kappa shape index (κ1) is 19.9. The minimum atomic E-state index is -0.829. The van der Waals surface area contributed by atoms with E-state index in [1.54, 1.807) is 31.4 Å². The molecule has 0 bridgehead atoms. The highest BCUT2D eigenvalue weighted by atomic mass is 32.1. The minimum absolute atomic E-state index is 0.248. The van der Waals surface area contributed by atoms with Gasteiger partial charge in [0.2, 0.25) is 5.69 Å². The molecule has 1 amide bonds. The lowest BCUT2D eigenvalue weighted by Crippen LogP contribution is -2.42. The van der Waals surface area contributed by atoms with Gasteiger partial charge in [-0.05, 0) is 53.3 Å². The maximum atomic E-state index is 13.0. The molecule has 2 aromatic heterocycles. The summed E-state index contributed by atoms with van der Waals surface area (Å²) in [6, 6.07) is 6.73. The van der Waals surface area contributed by atoms with Gasteiger partial charge in [-0.25, -0.2) is 9.59 Å². The Labute approximate surface area is 175 Å². The molecule has 0 aliphatic heterocycles. The Balaban J connectivity index is 1.70. The van der Waals surface area contributed by atoms with Crippen LogP contribution in [0.15, 0.2) is 33.6 Å². The number of anilines is 1. The molecule has 3 aromatic rings. The number of hydrogen-bond acceptors (Lipinski definition) is 7. The van der Waals surface area contributed by atoms with Gasteiger partial charge >= 0.3 is 23.2 Å². The van der Waals surface area contributed by atoms with E-state index in [9.17, 15) is 14.4 Å². The lowest BCUT2D eigenvalue weighted by atomic mass is 9.95. The standard InChI is InChI=1S/C20H19N3O6S/c1-27-12-9-7-11(8-10-12)23-16(20(26)29-22-23)17(24)21-18-15(19(25)28-2)13-5-3-4-6-14(13)30-18/h7-10H,3-6H2,1-2H3,(H-,21,22,24,25,26)/p+1. The van der Waals surface area contributed by atoms with Gasteiger partial charge in [0.25, 0.3) is 0 Å². The number of carbonyl (C=O) groups excluding carboxylic acids is 2. The molecule has 0 saturated heterocycles. The zero-order valence-corrected chi connectivity index (χ0v) is 17.3. The number of methoxy groups -OCH3 is 2. The second kappa shape index (κ2) is 8.15. The number of nitrogens with one attached hydrogen (secondary N) is 2. The Hall–Kier alpha value is -3.40. The number of rotatable bonds is 5. The van der Waals surface area contributed by atoms with E-state index in [1.165, 1.54) is 23.1 Å². The summed E-state index contributed by atoms with van der Waals surface area (Å²) in [6.45, 7) is 0. The summed E-state index contributed by atoms with van der Waals surface area (Å²) in [7, 11) is 2.85. The van der Waals surface area contributed by atoms with Crippen molar-refractivity contribution >= 4 is 28.2 Å². The number of aryl methyl sites for hydroxylation is 1. The molecule has 2 N–H and O–H groups in total. The normalized spacial score (nSPS) is 12.9. The molecule has 1 aliphatic rings. The summed E-state index contributed by atoms with van der Waals surface area (Å²) >= 11 is 1.34. The number of esters is 1. The van der Waals surface area contributed by atoms with Gasteiger partial charge in [0.15, 0.2) is 0 Å². The number of carbonyl (C=O) groups is 2. The third kappa shape index (κ3) is 3.50. The molecule has 156 valence electrons. The van der Waals surface area contributed by atoms with E-state index >= 15 is 0 Å². The summed E-state index contributed by atoms with van der Waals surface area (Å²) in [6.07, 6.45) is 3.60. The van der Waals surface area contributed by atoms with E-state index in [-0.39, 0.29) is 5.69 Å². The van der Waals surface area contributed by atoms with Crippen molar-refractivity contribution in [2.24, 2.45) is 0 Å². The van der Waals surface area contributed by atoms with Gasteiger partial charge in [-0.15, -0.1) is 11.3 Å². The Morgan fingerprint density at radius 3 is 2.60 bits per heavy atom. The number of ether oxygens (including phenoxy) is 2. The number of benzene rings is 1. The molecule has 10 heteroatoms. The highest BCUT2D eigenvalue weighted by Crippen LogP contribution is 2.38. The zero-order chi connectivity index (χ0) is 21.3. The fourth-order valence-electron chi connectivity index (χ4n) is 3.51. The van der Waals surface area contributed by atoms with Crippen LogP contribution in [-0.2, 0) is 17.6 Å². The van der Waals surface area contributed by atoms with Crippen LogP contribution >= 0.6 is 11.3 Å². The van der Waals surface area contributed by atoms with Crippen molar-refractivity contribution in [2.75, 3.05) is 19.5 Å². The smallest absolute Gasteiger partial charge is 0.441 e. The summed E-state index contributed by atoms with van der Waals surface area (Å²) < 4.78 is 16.1. The van der Waals surface area contributed by atoms with Crippen LogP contribution in [0.5, 0.6) is 5.75 Å². The highest BCUT2D eigenvalue weighted by molar-refractivity contribution is 7.17. The minimum Gasteiger partial charge on any atom is -0.497 e. The van der Waals surface area contributed by atoms with Crippen LogP contribution in [0, 0.1) is 0 Å². The van der Waals surface area contributed by atoms with Gasteiger partial charge in [-0.2, -0.15) is 0 Å². The maximum absolute atomic E-state index is 13.0. The molecule has 1 aliphatic carbocycles. The van der Waals surface area contributed by atoms with Crippen molar-refractivity contribution in [1.29, 1.82) is 0 Å². The van der Waals surface area contributed by atoms with Crippen LogP contribution in [0.4, 0.5) is 5.00 Å². The fraction of sp³-hybridized carbons (Fsp3) is 0.300. The second-order valence-corrected chi connectivity index (χ2v) is 7.83. The Morgan fingerprint density at radius 2 is 1.90 bits per heavy atom. The third-order valence-electron chi connectivity index (χ3n) is 4.98. The van der Waals surface area contributed by atoms with Gasteiger partial charge in [0.05, 0.1) is 19.8 Å². The third-order valence-corrected chi connectivity index (χ3v) is 6.19. The number of aromatic nitrogens is 2. The van der Waals surface area contributed by atoms with Crippen LogP contribution in [0.1, 0.15) is 44.1 Å². The number of aromatic amines is 1. The van der Waals surface area contributed by atoms with Gasteiger partial charge in [-0.3, -0.25) is 9.32 Å². The van der Waals surface area contributed by atoms with Crippen molar-refractivity contribution in [3.05, 3.63) is 56.4 Å². The molecule has 0 atom stereocenters. The number of amides is 1. The Morgan fingerprint density at radius 1 is 1.17 bits per heavy atom. The summed E-state index contributed by atoms with van der Waals surface area (Å²) in [5, 5.41) is 5.52. The number of H-pyrrole nitrogens is 1. The van der Waals surface area contributed by atoms with Crippen molar-refractivity contribution in [1.82, 2.24) is 5.27 Å². The number of thiophene rings is 1. The molecule has 30 heavy (non-hydrogen) atoms. The molecule has 0 spiro atoms. The first-order valence-electron chi connectivity index (χ1n) is 9.35. The van der Waals surface area contributed by atoms with Crippen molar-refractivity contribution in [3.8, 4) is 11.4 Å². The van der Waals surface area contributed by atoms with Gasteiger partial charge in [-0.1, -0.05) is 0 Å². The van der Waals surface area contributed by atoms with Crippen LogP contribution in [0.3, 0.4) is 0 Å². The largest absolute Gasteiger partial charge is 0.497 e. The van der Waals surface area contributed by atoms with Crippen molar-refractivity contribution < 1.29 is 28.3 Å². The molecule has 0 radical (unpaired) electrons. The van der Waals surface area contributed by atoms with Crippen molar-refractivity contribution in [2.45, 2.75) is 25.7 Å². The number of nitrogens with zero attached hydrogens (tertiary/aromatic N) is 1. The molecule has 0 fully saturated rings. The lowest BCUT2D eigenvalue weighted by molar-refractivity contribution is -0.672. The average molecular weight is 430 g/mol. The van der Waals surface area contributed by atoms with E-state index < -0.39 is 17.5 Å². The Kier molecular flexibility index (Phi) is 5.40. The molecule has 2 heterocycles. The summed E-state index contributed by atoms with van der Waals surface area (Å²) in [4.78, 5) is 38.7. The summed E-state index contributed by atoms with van der Waals surface area (Å²) in [5.74, 6) is -0.568. The Bertz CT molecular complexity index is 1160. The molecular weight excluding hydrogens is 410 g/mol. The maximum Gasteiger partial charge on any atom is 0.441 e. The second-order valence-electron chi connectivity index (χ2n) is 6.72. The van der Waals surface area contributed by atoms with Crippen LogP contribution in [-0.4, -0.2) is 31.4 Å². The predicted molar refractivity (Wildman–Crippen MR) is 108 cm³/mol. The molecule has 0 unspecified atom stereocenters. The molecule has 4 rings (SSSR count). The predicted octanol–water partition coefficient (Wildman–Crippen LogP) is 2.23. The average Bonchev–Trinajstić information content (AvgIpc) is 3.33. The highest BCUT2D eigenvalue weighted by Gasteiger charge is 2.34. The summed E-state index contributed by atoms with van der Waals surface area (Å²) in [5.41, 5.74) is 0.705. The monoisotopic (exact) mass is 430 g/mol. The van der Waals surface area contributed by atoms with Crippen LogP contribution in [0.2, 0.25) is 0 Å². The molecular formula is C20H20N3O6S+.